The first kappa shape index (κ1) is 16.6. The number of hydrogen-bond donors (Lipinski definition) is 3. The molecule has 1 aromatic carbocycles. The second kappa shape index (κ2) is 6.33. The maximum Gasteiger partial charge on any atom is 0.317 e. The molecule has 0 saturated carbocycles. The third-order valence-corrected chi connectivity index (χ3v) is 3.65. The minimum Gasteiger partial charge on any atom is -0.485 e. The van der Waals surface area contributed by atoms with Gasteiger partial charge in [0.25, 0.3) is 11.6 Å². The number of amides is 1. The zero-order chi connectivity index (χ0) is 18.0. The van der Waals surface area contributed by atoms with E-state index in [0.717, 1.165) is 0 Å². The molecule has 1 aromatic heterocycles. The van der Waals surface area contributed by atoms with Crippen LogP contribution in [0.4, 0.5) is 11.5 Å². The van der Waals surface area contributed by atoms with Crippen LogP contribution in [0.15, 0.2) is 35.4 Å². The maximum absolute atomic E-state index is 12.6. The van der Waals surface area contributed by atoms with Gasteiger partial charge in [0.05, 0.1) is 6.61 Å². The molecule has 1 aliphatic rings. The third-order valence-electron chi connectivity index (χ3n) is 3.41. The normalized spacial score (nSPS) is 17.6. The van der Waals surface area contributed by atoms with Crippen LogP contribution in [0.2, 0.25) is 5.02 Å². The Hall–Kier alpha value is -3.25. The van der Waals surface area contributed by atoms with Gasteiger partial charge in [0.2, 0.25) is 5.75 Å². The molecular formula is C15H13ClN6O3. The molecule has 0 radical (unpaired) electrons. The molecule has 128 valence electrons. The molecule has 1 aliphatic heterocycles. The Labute approximate surface area is 147 Å². The van der Waals surface area contributed by atoms with Crippen LogP contribution in [0.3, 0.4) is 0 Å². The number of benzene rings is 1. The Morgan fingerprint density at radius 1 is 1.56 bits per heavy atom. The van der Waals surface area contributed by atoms with Crippen molar-refractivity contribution in [2.45, 2.75) is 12.6 Å². The van der Waals surface area contributed by atoms with Crippen molar-refractivity contribution in [1.29, 1.82) is 5.26 Å². The second-order valence-corrected chi connectivity index (χ2v) is 5.53. The fourth-order valence-corrected chi connectivity index (χ4v) is 2.49. The molecular weight excluding hydrogens is 348 g/mol. The number of aromatic nitrogens is 2. The van der Waals surface area contributed by atoms with Crippen LogP contribution in [0.1, 0.15) is 6.92 Å². The van der Waals surface area contributed by atoms with E-state index in [9.17, 15) is 14.9 Å². The van der Waals surface area contributed by atoms with Gasteiger partial charge in [-0.3, -0.25) is 15.0 Å². The van der Waals surface area contributed by atoms with Crippen LogP contribution >= 0.6 is 11.6 Å². The molecule has 3 N–H and O–H groups in total. The van der Waals surface area contributed by atoms with Crippen LogP contribution in [0.25, 0.3) is 0 Å². The standard InChI is InChI=1S/C15H13ClN6O3/c1-2-25-11-12-20-15(7-17,21-22(12)8-18-13(11)23)14(24)19-10-5-3-4-9(16)6-10/h3-6,8,20-21H,2H2,1H3,(H,19,24)/t15-/m1/s1. The Kier molecular flexibility index (Phi) is 4.21. The fraction of sp³-hybridized carbons (Fsp3) is 0.200. The van der Waals surface area contributed by atoms with Gasteiger partial charge < -0.3 is 15.4 Å². The molecule has 0 aliphatic carbocycles. The number of halogens is 1. The van der Waals surface area contributed by atoms with E-state index in [0.29, 0.717) is 10.7 Å². The highest BCUT2D eigenvalue weighted by Crippen LogP contribution is 2.29. The number of ether oxygens (including phenoxy) is 1. The van der Waals surface area contributed by atoms with Gasteiger partial charge in [-0.25, -0.2) is 4.68 Å². The van der Waals surface area contributed by atoms with E-state index in [4.69, 9.17) is 16.3 Å². The van der Waals surface area contributed by atoms with E-state index in [1.807, 2.05) is 6.07 Å². The third kappa shape index (κ3) is 2.95. The number of hydrogen-bond acceptors (Lipinski definition) is 7. The average molecular weight is 361 g/mol. The molecule has 3 rings (SSSR count). The summed E-state index contributed by atoms with van der Waals surface area (Å²) in [5.74, 6) is -0.620. The first-order chi connectivity index (χ1) is 12.0. The fourth-order valence-electron chi connectivity index (χ4n) is 2.30. The van der Waals surface area contributed by atoms with E-state index in [1.165, 1.54) is 11.0 Å². The monoisotopic (exact) mass is 360 g/mol. The van der Waals surface area contributed by atoms with Crippen molar-refractivity contribution in [2.75, 3.05) is 22.7 Å². The van der Waals surface area contributed by atoms with Crippen molar-refractivity contribution in [3.8, 4) is 11.8 Å². The summed E-state index contributed by atoms with van der Waals surface area (Å²) < 4.78 is 6.53. The lowest BCUT2D eigenvalue weighted by Crippen LogP contribution is -2.53. The summed E-state index contributed by atoms with van der Waals surface area (Å²) in [6.45, 7) is 1.93. The first-order valence-corrected chi connectivity index (χ1v) is 7.66. The molecule has 0 bridgehead atoms. The topological polar surface area (TPSA) is 121 Å². The minimum atomic E-state index is -1.85. The lowest BCUT2D eigenvalue weighted by atomic mass is 10.2. The first-order valence-electron chi connectivity index (χ1n) is 7.28. The second-order valence-electron chi connectivity index (χ2n) is 5.09. The van der Waals surface area contributed by atoms with Gasteiger partial charge in [-0.05, 0) is 25.1 Å². The number of anilines is 2. The van der Waals surface area contributed by atoms with E-state index < -0.39 is 17.1 Å². The average Bonchev–Trinajstić information content (AvgIpc) is 2.98. The van der Waals surface area contributed by atoms with Crippen LogP contribution in [0.5, 0.6) is 5.75 Å². The highest BCUT2D eigenvalue weighted by atomic mass is 35.5. The predicted octanol–water partition coefficient (Wildman–Crippen LogP) is 1.12. The van der Waals surface area contributed by atoms with E-state index >= 15 is 0 Å². The van der Waals surface area contributed by atoms with E-state index in [1.54, 1.807) is 31.2 Å². The smallest absolute Gasteiger partial charge is 0.317 e. The molecule has 1 amide bonds. The molecule has 1 atom stereocenters. The van der Waals surface area contributed by atoms with Crippen LogP contribution in [-0.2, 0) is 4.79 Å². The van der Waals surface area contributed by atoms with Crippen molar-refractivity contribution in [3.05, 3.63) is 46.0 Å². The van der Waals surface area contributed by atoms with Gasteiger partial charge in [-0.2, -0.15) is 10.2 Å². The largest absolute Gasteiger partial charge is 0.485 e. The number of fused-ring (bicyclic) bond motifs is 1. The maximum atomic E-state index is 12.6. The molecule has 9 nitrogen and oxygen atoms in total. The predicted molar refractivity (Wildman–Crippen MR) is 91.1 cm³/mol. The summed E-state index contributed by atoms with van der Waals surface area (Å²) in [7, 11) is 0. The molecule has 2 heterocycles. The molecule has 10 heteroatoms. The summed E-state index contributed by atoms with van der Waals surface area (Å²) in [4.78, 5) is 28.1. The summed E-state index contributed by atoms with van der Waals surface area (Å²) in [6.07, 6.45) is 1.17. The Morgan fingerprint density at radius 3 is 3.04 bits per heavy atom. The van der Waals surface area contributed by atoms with E-state index in [-0.39, 0.29) is 18.2 Å². The Balaban J connectivity index is 1.92. The molecule has 0 unspecified atom stereocenters. The van der Waals surface area contributed by atoms with Crippen LogP contribution in [-0.4, -0.2) is 27.8 Å². The van der Waals surface area contributed by atoms with Gasteiger partial charge in [0.15, 0.2) is 5.82 Å². The molecule has 0 fully saturated rings. The van der Waals surface area contributed by atoms with Crippen molar-refractivity contribution in [3.63, 3.8) is 0 Å². The highest BCUT2D eigenvalue weighted by Gasteiger charge is 2.46. The van der Waals surface area contributed by atoms with E-state index in [2.05, 4.69) is 21.0 Å². The van der Waals surface area contributed by atoms with Gasteiger partial charge in [-0.15, -0.1) is 0 Å². The molecule has 0 saturated heterocycles. The highest BCUT2D eigenvalue weighted by molar-refractivity contribution is 6.30. The number of carbonyl (C=O) groups excluding carboxylic acids is 1. The van der Waals surface area contributed by atoms with Gasteiger partial charge in [-0.1, -0.05) is 17.7 Å². The Morgan fingerprint density at radius 2 is 2.36 bits per heavy atom. The number of nitriles is 1. The van der Waals surface area contributed by atoms with Crippen LogP contribution in [0, 0.1) is 11.3 Å². The lowest BCUT2D eigenvalue weighted by Gasteiger charge is -2.20. The number of nitrogens with zero attached hydrogens (tertiary/aromatic N) is 3. The van der Waals surface area contributed by atoms with Crippen LogP contribution < -0.4 is 26.4 Å². The van der Waals surface area contributed by atoms with Gasteiger partial charge in [0, 0.05) is 10.7 Å². The number of nitrogens with one attached hydrogen (secondary N) is 3. The van der Waals surface area contributed by atoms with Gasteiger partial charge in [0.1, 0.15) is 12.4 Å². The Bertz CT molecular complexity index is 938. The van der Waals surface area contributed by atoms with Crippen molar-refractivity contribution in [1.82, 2.24) is 9.66 Å². The molecule has 2 aromatic rings. The number of rotatable bonds is 4. The summed E-state index contributed by atoms with van der Waals surface area (Å²) >= 11 is 5.89. The van der Waals surface area contributed by atoms with Crippen molar-refractivity contribution < 1.29 is 9.53 Å². The zero-order valence-corrected chi connectivity index (χ0v) is 13.8. The summed E-state index contributed by atoms with van der Waals surface area (Å²) in [5.41, 5.74) is 0.641. The molecule has 25 heavy (non-hydrogen) atoms. The molecule has 0 spiro atoms. The zero-order valence-electron chi connectivity index (χ0n) is 13.0. The van der Waals surface area contributed by atoms with Gasteiger partial charge >= 0.3 is 5.56 Å². The minimum absolute atomic E-state index is 0.0785. The quantitative estimate of drug-likeness (QED) is 0.747. The van der Waals surface area contributed by atoms with Crippen molar-refractivity contribution >= 4 is 29.0 Å². The SMILES string of the molecule is CCOc1c2n(cnc1=O)N[C@](C#N)(C(=O)Nc1cccc(Cl)c1)N2. The summed E-state index contributed by atoms with van der Waals surface area (Å²) in [5, 5.41) is 15.3. The number of carbonyl (C=O) groups is 1. The lowest BCUT2D eigenvalue weighted by molar-refractivity contribution is -0.118. The van der Waals surface area contributed by atoms with Crippen molar-refractivity contribution in [2.24, 2.45) is 0 Å². The summed E-state index contributed by atoms with van der Waals surface area (Å²) in [6, 6.07) is 8.37.